The molecule has 0 unspecified atom stereocenters. The summed E-state index contributed by atoms with van der Waals surface area (Å²) in [6, 6.07) is 3.85. The van der Waals surface area contributed by atoms with E-state index in [1.165, 1.54) is 17.4 Å². The number of halogens is 1. The van der Waals surface area contributed by atoms with Gasteiger partial charge in [-0.05, 0) is 64.8 Å². The highest BCUT2D eigenvalue weighted by Crippen LogP contribution is 2.39. The molecule has 11 nitrogen and oxygen atoms in total. The lowest BCUT2D eigenvalue weighted by Gasteiger charge is -2.40. The lowest BCUT2D eigenvalue weighted by atomic mass is 9.83. The van der Waals surface area contributed by atoms with Gasteiger partial charge in [0.2, 0.25) is 5.91 Å². The minimum atomic E-state index is -1.36. The molecule has 1 aromatic heterocycles. The van der Waals surface area contributed by atoms with Gasteiger partial charge in [0.1, 0.15) is 17.5 Å². The first-order valence-electron chi connectivity index (χ1n) is 15.2. The summed E-state index contributed by atoms with van der Waals surface area (Å²) in [6.07, 6.45) is 2.05. The van der Waals surface area contributed by atoms with Gasteiger partial charge < -0.3 is 24.8 Å². The Morgan fingerprint density at radius 2 is 1.98 bits per heavy atom. The molecule has 0 bridgehead atoms. The smallest absolute Gasteiger partial charge is 0.338 e. The number of thiazole rings is 1. The van der Waals surface area contributed by atoms with Crippen LogP contribution in [0.3, 0.4) is 0 Å². The van der Waals surface area contributed by atoms with Gasteiger partial charge in [-0.3, -0.25) is 19.5 Å². The lowest BCUT2D eigenvalue weighted by Crippen LogP contribution is -2.55. The number of benzene rings is 1. The lowest BCUT2D eigenvalue weighted by molar-refractivity contribution is -0.155. The molecule has 0 radical (unpaired) electrons. The Morgan fingerprint density at radius 3 is 2.67 bits per heavy atom. The number of β-amino-alcohol motifs (C(OH)–C–C–N with tert-alkyl or cyclic N) is 1. The number of aliphatic imine (C=N–C) groups is 1. The molecule has 0 saturated carbocycles. The Morgan fingerprint density at radius 1 is 1.22 bits per heavy atom. The fourth-order valence-electron chi connectivity index (χ4n) is 6.42. The highest BCUT2D eigenvalue weighted by atomic mass is 32.1. The third-order valence-corrected chi connectivity index (χ3v) is 9.39. The maximum absolute atomic E-state index is 14.8. The van der Waals surface area contributed by atoms with Crippen LogP contribution in [-0.4, -0.2) is 95.1 Å². The molecule has 45 heavy (non-hydrogen) atoms. The number of fused-ring (bicyclic) bond motifs is 1. The van der Waals surface area contributed by atoms with Crippen molar-refractivity contribution in [3.8, 4) is 0 Å². The first-order valence-corrected chi connectivity index (χ1v) is 16.1. The number of carbonyl (C=O) groups excluding carboxylic acids is 3. The van der Waals surface area contributed by atoms with Crippen LogP contribution in [0, 0.1) is 24.1 Å². The number of carbonyl (C=O) groups is 3. The van der Waals surface area contributed by atoms with Crippen LogP contribution in [0.25, 0.3) is 0 Å². The summed E-state index contributed by atoms with van der Waals surface area (Å²) in [5, 5.41) is 17.6. The van der Waals surface area contributed by atoms with E-state index in [4.69, 9.17) is 14.5 Å². The predicted octanol–water partition coefficient (Wildman–Crippen LogP) is 2.98. The summed E-state index contributed by atoms with van der Waals surface area (Å²) in [5.74, 6) is -1.74. The zero-order valence-corrected chi connectivity index (χ0v) is 27.1. The molecule has 3 atom stereocenters. The third-order valence-electron chi connectivity index (χ3n) is 8.61. The summed E-state index contributed by atoms with van der Waals surface area (Å²) < 4.78 is 25.4. The van der Waals surface area contributed by atoms with E-state index in [1.807, 2.05) is 10.3 Å². The van der Waals surface area contributed by atoms with Crippen molar-refractivity contribution in [2.45, 2.75) is 52.7 Å². The number of likely N-dealkylation sites (tertiary alicyclic amines) is 2. The monoisotopic (exact) mass is 641 g/mol. The second-order valence-corrected chi connectivity index (χ2v) is 13.3. The molecule has 1 aromatic carbocycles. The SMILES string of the molecule is CCOC(=O)C1=C(CN2CC[C@@H]3C(=O)N(CC(C)(C)C(=O)OCC)C[C@]3(O)C2)NC(c2nccs2)=N[C@H]1c1cccc(F)c1C. The van der Waals surface area contributed by atoms with Gasteiger partial charge in [0.15, 0.2) is 10.8 Å². The van der Waals surface area contributed by atoms with Crippen LogP contribution < -0.4 is 5.32 Å². The second-order valence-electron chi connectivity index (χ2n) is 12.4. The number of amidine groups is 1. The molecule has 0 aliphatic carbocycles. The summed E-state index contributed by atoms with van der Waals surface area (Å²) >= 11 is 1.38. The Labute approximate surface area is 266 Å². The molecule has 4 heterocycles. The molecule has 2 aromatic rings. The van der Waals surface area contributed by atoms with Crippen molar-refractivity contribution < 1.29 is 33.4 Å². The molecular weight excluding hydrogens is 601 g/mol. The van der Waals surface area contributed by atoms with Crippen molar-refractivity contribution in [2.75, 3.05) is 45.9 Å². The fraction of sp³-hybridized carbons (Fsp3) is 0.531. The van der Waals surface area contributed by atoms with Gasteiger partial charge in [0, 0.05) is 36.9 Å². The van der Waals surface area contributed by atoms with Crippen molar-refractivity contribution in [3.05, 3.63) is 63.0 Å². The number of amides is 1. The summed E-state index contributed by atoms with van der Waals surface area (Å²) in [7, 11) is 0. The number of ether oxygens (including phenoxy) is 2. The zero-order valence-electron chi connectivity index (χ0n) is 26.3. The van der Waals surface area contributed by atoms with Gasteiger partial charge in [-0.25, -0.2) is 14.2 Å². The standard InChI is InChI=1S/C32H40FN5O6S/c1-6-43-29(40)24-23(35-26(27-34-12-14-45-27)36-25(24)20-9-8-10-22(33)19(20)3)15-37-13-11-21-28(39)38(18-32(21,42)17-37)16-31(4,5)30(41)44-7-2/h8-10,12,14,21,25,42H,6-7,11,13,15-18H2,1-5H3,(H,35,36)/t21-,25+,32-/m1/s1. The highest BCUT2D eigenvalue weighted by molar-refractivity contribution is 7.11. The van der Waals surface area contributed by atoms with Crippen LogP contribution in [0.1, 0.15) is 56.3 Å². The number of esters is 2. The number of aliphatic hydroxyl groups is 1. The van der Waals surface area contributed by atoms with Crippen molar-refractivity contribution in [3.63, 3.8) is 0 Å². The minimum Gasteiger partial charge on any atom is -0.466 e. The average Bonchev–Trinajstić information content (AvgIpc) is 3.60. The number of rotatable bonds is 10. The summed E-state index contributed by atoms with van der Waals surface area (Å²) in [5.41, 5.74) is -0.627. The van der Waals surface area contributed by atoms with E-state index in [9.17, 15) is 23.9 Å². The highest BCUT2D eigenvalue weighted by Gasteiger charge is 2.55. The average molecular weight is 642 g/mol. The number of nitrogens with zero attached hydrogens (tertiary/aromatic N) is 4. The number of hydrogen-bond acceptors (Lipinski definition) is 11. The van der Waals surface area contributed by atoms with Crippen molar-refractivity contribution >= 4 is 35.0 Å². The van der Waals surface area contributed by atoms with E-state index in [1.54, 1.807) is 57.8 Å². The number of nitrogens with one attached hydrogen (secondary N) is 1. The molecule has 3 aliphatic rings. The second kappa shape index (κ2) is 13.0. The number of hydrogen-bond donors (Lipinski definition) is 2. The first-order chi connectivity index (χ1) is 21.4. The van der Waals surface area contributed by atoms with Crippen LogP contribution in [-0.2, 0) is 23.9 Å². The van der Waals surface area contributed by atoms with Crippen LogP contribution in [0.15, 0.2) is 46.0 Å². The van der Waals surface area contributed by atoms with Crippen molar-refractivity contribution in [1.82, 2.24) is 20.1 Å². The Kier molecular flexibility index (Phi) is 9.43. The van der Waals surface area contributed by atoms with Gasteiger partial charge >= 0.3 is 11.9 Å². The van der Waals surface area contributed by atoms with E-state index in [0.29, 0.717) is 40.6 Å². The quantitative estimate of drug-likeness (QED) is 0.376. The molecule has 3 aliphatic heterocycles. The van der Waals surface area contributed by atoms with E-state index >= 15 is 0 Å². The van der Waals surface area contributed by atoms with E-state index < -0.39 is 40.7 Å². The third kappa shape index (κ3) is 6.52. The van der Waals surface area contributed by atoms with Crippen molar-refractivity contribution in [1.29, 1.82) is 0 Å². The Hall–Kier alpha value is -3.68. The molecule has 242 valence electrons. The van der Waals surface area contributed by atoms with Gasteiger partial charge in [-0.2, -0.15) is 0 Å². The van der Waals surface area contributed by atoms with Crippen LogP contribution in [0.5, 0.6) is 0 Å². The zero-order chi connectivity index (χ0) is 32.5. The van der Waals surface area contributed by atoms with Crippen LogP contribution in [0.4, 0.5) is 4.39 Å². The van der Waals surface area contributed by atoms with Gasteiger partial charge in [-0.15, -0.1) is 11.3 Å². The molecule has 5 rings (SSSR count). The Balaban J connectivity index is 1.45. The summed E-state index contributed by atoms with van der Waals surface area (Å²) in [4.78, 5) is 52.3. The maximum atomic E-state index is 14.8. The van der Waals surface area contributed by atoms with Crippen LogP contribution in [0.2, 0.25) is 0 Å². The van der Waals surface area contributed by atoms with E-state index in [2.05, 4.69) is 10.3 Å². The first kappa shape index (κ1) is 32.7. The maximum Gasteiger partial charge on any atom is 0.338 e. The minimum absolute atomic E-state index is 0.0734. The molecule has 13 heteroatoms. The normalized spacial score (nSPS) is 23.8. The van der Waals surface area contributed by atoms with Crippen molar-refractivity contribution in [2.24, 2.45) is 16.3 Å². The molecule has 2 saturated heterocycles. The van der Waals surface area contributed by atoms with E-state index in [-0.39, 0.29) is 50.9 Å². The molecule has 1 amide bonds. The van der Waals surface area contributed by atoms with Crippen LogP contribution >= 0.6 is 11.3 Å². The Bertz CT molecular complexity index is 1530. The molecule has 2 fully saturated rings. The fourth-order valence-corrected chi connectivity index (χ4v) is 7.01. The largest absolute Gasteiger partial charge is 0.466 e. The van der Waals surface area contributed by atoms with Gasteiger partial charge in [-0.1, -0.05) is 12.1 Å². The molecule has 0 spiro atoms. The topological polar surface area (TPSA) is 134 Å². The molecular formula is C32H40FN5O6S. The van der Waals surface area contributed by atoms with E-state index in [0.717, 1.165) is 0 Å². The van der Waals surface area contributed by atoms with Gasteiger partial charge in [0.25, 0.3) is 0 Å². The number of piperidine rings is 1. The van der Waals surface area contributed by atoms with Gasteiger partial charge in [0.05, 0.1) is 36.7 Å². The summed E-state index contributed by atoms with van der Waals surface area (Å²) in [6.45, 7) is 9.99. The predicted molar refractivity (Wildman–Crippen MR) is 166 cm³/mol. The molecule has 2 N–H and O–H groups in total. The number of aromatic nitrogens is 1.